The number of ether oxygens (including phenoxy) is 1. The molecule has 0 fully saturated rings. The minimum absolute atomic E-state index is 0.0485. The summed E-state index contributed by atoms with van der Waals surface area (Å²) in [5.74, 6) is -4.47. The van der Waals surface area contributed by atoms with Crippen molar-refractivity contribution in [3.05, 3.63) is 35.1 Å². The second-order valence-corrected chi connectivity index (χ2v) is 3.28. The Bertz CT molecular complexity index is 387. The Morgan fingerprint density at radius 1 is 1.29 bits per heavy atom. The molecule has 6 heteroatoms. The Hall–Kier alpha value is -1.56. The van der Waals surface area contributed by atoms with Crippen LogP contribution in [0, 0.1) is 17.5 Å². The molecular weight excluding hydrogens is 235 g/mol. The molecule has 0 heterocycles. The highest BCUT2D eigenvalue weighted by Crippen LogP contribution is 2.13. The average Bonchev–Trinajstić information content (AvgIpc) is 2.26. The van der Waals surface area contributed by atoms with Gasteiger partial charge in [-0.1, -0.05) is 0 Å². The van der Waals surface area contributed by atoms with Gasteiger partial charge in [0.1, 0.15) is 0 Å². The van der Waals surface area contributed by atoms with Gasteiger partial charge >= 0.3 is 5.97 Å². The van der Waals surface area contributed by atoms with Gasteiger partial charge in [-0.3, -0.25) is 4.79 Å². The van der Waals surface area contributed by atoms with Crippen molar-refractivity contribution in [3.8, 4) is 0 Å². The van der Waals surface area contributed by atoms with Crippen molar-refractivity contribution >= 4 is 5.97 Å². The van der Waals surface area contributed by atoms with Crippen molar-refractivity contribution in [2.45, 2.75) is 13.5 Å². The lowest BCUT2D eigenvalue weighted by molar-refractivity contribution is -0.142. The highest BCUT2D eigenvalue weighted by atomic mass is 19.2. The van der Waals surface area contributed by atoms with Crippen molar-refractivity contribution in [1.82, 2.24) is 5.32 Å². The smallest absolute Gasteiger partial charge is 0.319 e. The van der Waals surface area contributed by atoms with E-state index in [2.05, 4.69) is 10.1 Å². The monoisotopic (exact) mass is 247 g/mol. The summed E-state index contributed by atoms with van der Waals surface area (Å²) in [6, 6.07) is 1.74. The van der Waals surface area contributed by atoms with Crippen molar-refractivity contribution in [3.63, 3.8) is 0 Å². The Kier molecular flexibility index (Phi) is 4.96. The van der Waals surface area contributed by atoms with E-state index in [0.717, 1.165) is 12.1 Å². The summed E-state index contributed by atoms with van der Waals surface area (Å²) in [4.78, 5) is 10.9. The molecule has 0 aliphatic carbocycles. The molecule has 1 N–H and O–H groups in total. The molecule has 17 heavy (non-hydrogen) atoms. The van der Waals surface area contributed by atoms with Crippen LogP contribution in [0.2, 0.25) is 0 Å². The zero-order chi connectivity index (χ0) is 12.8. The SMILES string of the molecule is CCOC(=O)CNCc1cc(F)c(F)c(F)c1. The van der Waals surface area contributed by atoms with Gasteiger partial charge in [-0.15, -0.1) is 0 Å². The van der Waals surface area contributed by atoms with Crippen LogP contribution in [-0.2, 0) is 16.1 Å². The van der Waals surface area contributed by atoms with Crippen LogP contribution in [-0.4, -0.2) is 19.1 Å². The van der Waals surface area contributed by atoms with Crippen LogP contribution in [0.3, 0.4) is 0 Å². The number of esters is 1. The minimum atomic E-state index is -1.50. The van der Waals surface area contributed by atoms with Gasteiger partial charge < -0.3 is 10.1 Å². The summed E-state index contributed by atoms with van der Waals surface area (Å²) in [6.07, 6.45) is 0. The molecule has 0 aromatic heterocycles. The molecule has 94 valence electrons. The van der Waals surface area contributed by atoms with E-state index in [9.17, 15) is 18.0 Å². The first-order valence-electron chi connectivity index (χ1n) is 5.04. The van der Waals surface area contributed by atoms with E-state index in [0.29, 0.717) is 0 Å². The number of nitrogens with one attached hydrogen (secondary N) is 1. The second kappa shape index (κ2) is 6.24. The Labute approximate surface area is 96.6 Å². The van der Waals surface area contributed by atoms with Gasteiger partial charge in [0.25, 0.3) is 0 Å². The summed E-state index contributed by atoms with van der Waals surface area (Å²) in [5, 5.41) is 2.63. The first-order valence-corrected chi connectivity index (χ1v) is 5.04. The van der Waals surface area contributed by atoms with Gasteiger partial charge in [-0.2, -0.15) is 0 Å². The lowest BCUT2D eigenvalue weighted by Crippen LogP contribution is -2.24. The summed E-state index contributed by atoms with van der Waals surface area (Å²) in [7, 11) is 0. The van der Waals surface area contributed by atoms with Crippen LogP contribution in [0.25, 0.3) is 0 Å². The third-order valence-corrected chi connectivity index (χ3v) is 1.95. The Morgan fingerprint density at radius 2 is 1.88 bits per heavy atom. The molecule has 0 bridgehead atoms. The summed E-state index contributed by atoms with van der Waals surface area (Å²) >= 11 is 0. The van der Waals surface area contributed by atoms with Gasteiger partial charge in [0, 0.05) is 6.54 Å². The van der Waals surface area contributed by atoms with E-state index in [4.69, 9.17) is 0 Å². The number of hydrogen-bond donors (Lipinski definition) is 1. The minimum Gasteiger partial charge on any atom is -0.465 e. The topological polar surface area (TPSA) is 38.3 Å². The fourth-order valence-electron chi connectivity index (χ4n) is 1.23. The van der Waals surface area contributed by atoms with Crippen molar-refractivity contribution in [2.24, 2.45) is 0 Å². The quantitative estimate of drug-likeness (QED) is 0.636. The van der Waals surface area contributed by atoms with Gasteiger partial charge in [0.15, 0.2) is 17.5 Å². The highest BCUT2D eigenvalue weighted by Gasteiger charge is 2.10. The van der Waals surface area contributed by atoms with Crippen molar-refractivity contribution in [1.29, 1.82) is 0 Å². The lowest BCUT2D eigenvalue weighted by atomic mass is 10.2. The molecule has 0 saturated carbocycles. The predicted octanol–water partition coefficient (Wildman–Crippen LogP) is 1.76. The molecule has 1 aromatic carbocycles. The molecule has 0 aliphatic heterocycles. The molecule has 3 nitrogen and oxygen atoms in total. The number of carbonyl (C=O) groups excluding carboxylic acids is 1. The number of benzene rings is 1. The number of carbonyl (C=O) groups is 1. The molecule has 0 unspecified atom stereocenters. The van der Waals surface area contributed by atoms with Crippen LogP contribution >= 0.6 is 0 Å². The normalized spacial score (nSPS) is 10.4. The molecule has 0 atom stereocenters. The molecule has 0 radical (unpaired) electrons. The van der Waals surface area contributed by atoms with Crippen LogP contribution < -0.4 is 5.32 Å². The maximum Gasteiger partial charge on any atom is 0.319 e. The standard InChI is InChI=1S/C11H12F3NO2/c1-2-17-10(16)6-15-5-7-3-8(12)11(14)9(13)4-7/h3-4,15H,2,5-6H2,1H3. The number of rotatable bonds is 5. The average molecular weight is 247 g/mol. The second-order valence-electron chi connectivity index (χ2n) is 3.28. The van der Waals surface area contributed by atoms with E-state index in [1.54, 1.807) is 6.92 Å². The first-order chi connectivity index (χ1) is 8.04. The van der Waals surface area contributed by atoms with Crippen LogP contribution in [0.4, 0.5) is 13.2 Å². The maximum absolute atomic E-state index is 12.8. The molecule has 1 rings (SSSR count). The zero-order valence-electron chi connectivity index (χ0n) is 9.23. The van der Waals surface area contributed by atoms with Crippen LogP contribution in [0.1, 0.15) is 12.5 Å². The first kappa shape index (κ1) is 13.5. The van der Waals surface area contributed by atoms with Crippen molar-refractivity contribution < 1.29 is 22.7 Å². The summed E-state index contributed by atoms with van der Waals surface area (Å²) in [5.41, 5.74) is 0.214. The van der Waals surface area contributed by atoms with E-state index >= 15 is 0 Å². The lowest BCUT2D eigenvalue weighted by Gasteiger charge is -2.05. The zero-order valence-corrected chi connectivity index (χ0v) is 9.23. The number of hydrogen-bond acceptors (Lipinski definition) is 3. The summed E-state index contributed by atoms with van der Waals surface area (Å²) in [6.45, 7) is 1.91. The third kappa shape index (κ3) is 4.07. The summed E-state index contributed by atoms with van der Waals surface area (Å²) < 4.78 is 42.9. The molecule has 1 aromatic rings. The fourth-order valence-corrected chi connectivity index (χ4v) is 1.23. The molecule has 0 aliphatic rings. The van der Waals surface area contributed by atoms with E-state index in [-0.39, 0.29) is 25.3 Å². The largest absolute Gasteiger partial charge is 0.465 e. The predicted molar refractivity (Wildman–Crippen MR) is 54.7 cm³/mol. The highest BCUT2D eigenvalue weighted by molar-refractivity contribution is 5.71. The fraction of sp³-hybridized carbons (Fsp3) is 0.364. The van der Waals surface area contributed by atoms with Gasteiger partial charge in [0.2, 0.25) is 0 Å². The maximum atomic E-state index is 12.8. The van der Waals surface area contributed by atoms with Crippen LogP contribution in [0.5, 0.6) is 0 Å². The van der Waals surface area contributed by atoms with E-state index < -0.39 is 23.4 Å². The van der Waals surface area contributed by atoms with Gasteiger partial charge in [-0.05, 0) is 24.6 Å². The number of halogens is 3. The third-order valence-electron chi connectivity index (χ3n) is 1.95. The Morgan fingerprint density at radius 3 is 2.41 bits per heavy atom. The van der Waals surface area contributed by atoms with Crippen LogP contribution in [0.15, 0.2) is 12.1 Å². The molecular formula is C11H12F3NO2. The van der Waals surface area contributed by atoms with Gasteiger partial charge in [-0.25, -0.2) is 13.2 Å². The molecule has 0 saturated heterocycles. The molecule has 0 spiro atoms. The Balaban J connectivity index is 2.50. The van der Waals surface area contributed by atoms with E-state index in [1.807, 2.05) is 0 Å². The van der Waals surface area contributed by atoms with Crippen molar-refractivity contribution in [2.75, 3.05) is 13.2 Å². The van der Waals surface area contributed by atoms with E-state index in [1.165, 1.54) is 0 Å². The molecule has 0 amide bonds. The van der Waals surface area contributed by atoms with Gasteiger partial charge in [0.05, 0.1) is 13.2 Å².